The second-order valence-electron chi connectivity index (χ2n) is 6.16. The van der Waals surface area contributed by atoms with Crippen LogP contribution in [0.3, 0.4) is 0 Å². The van der Waals surface area contributed by atoms with Crippen molar-refractivity contribution >= 4 is 16.1 Å². The number of carbonyl (C=O) groups excluding carboxylic acids is 1. The molecule has 2 aromatic rings. The van der Waals surface area contributed by atoms with Crippen LogP contribution in [0.5, 0.6) is 5.75 Å². The number of nitrogens with one attached hydrogen (secondary N) is 1. The molecule has 26 heavy (non-hydrogen) atoms. The van der Waals surface area contributed by atoms with E-state index in [9.17, 15) is 13.2 Å². The molecule has 1 fully saturated rings. The first-order valence-corrected chi connectivity index (χ1v) is 10.1. The number of para-hydroxylation sites is 1. The van der Waals surface area contributed by atoms with Gasteiger partial charge in [-0.3, -0.25) is 0 Å². The number of hydrogen-bond donors (Lipinski definition) is 1. The Morgan fingerprint density at radius 1 is 0.962 bits per heavy atom. The number of ether oxygens (including phenoxy) is 1. The fourth-order valence-corrected chi connectivity index (χ4v) is 4.36. The van der Waals surface area contributed by atoms with Crippen molar-refractivity contribution in [1.29, 1.82) is 0 Å². The highest BCUT2D eigenvalue weighted by Gasteiger charge is 2.25. The molecule has 0 spiro atoms. The Morgan fingerprint density at radius 2 is 1.62 bits per heavy atom. The van der Waals surface area contributed by atoms with Gasteiger partial charge in [0.1, 0.15) is 5.75 Å². The second kappa shape index (κ2) is 8.33. The first-order chi connectivity index (χ1) is 12.6. The lowest BCUT2D eigenvalue weighted by Crippen LogP contribution is -2.35. The summed E-state index contributed by atoms with van der Waals surface area (Å²) in [7, 11) is -3.43. The van der Waals surface area contributed by atoms with Crippen molar-refractivity contribution in [2.24, 2.45) is 0 Å². The normalized spacial score (nSPS) is 15.4. The highest BCUT2D eigenvalue weighted by Crippen LogP contribution is 2.20. The van der Waals surface area contributed by atoms with Gasteiger partial charge in [0.2, 0.25) is 10.0 Å². The summed E-state index contributed by atoms with van der Waals surface area (Å²) in [5.41, 5.74) is 0.799. The zero-order valence-electron chi connectivity index (χ0n) is 14.4. The van der Waals surface area contributed by atoms with Gasteiger partial charge in [0.05, 0.1) is 4.90 Å². The molecule has 1 saturated heterocycles. The van der Waals surface area contributed by atoms with Gasteiger partial charge in [-0.2, -0.15) is 4.31 Å². The Kier molecular flexibility index (Phi) is 5.90. The van der Waals surface area contributed by atoms with E-state index in [1.807, 2.05) is 6.07 Å². The summed E-state index contributed by atoms with van der Waals surface area (Å²) in [5.74, 6) is 0.466. The molecular weight excluding hydrogens is 352 g/mol. The van der Waals surface area contributed by atoms with E-state index in [1.54, 1.807) is 52.8 Å². The molecule has 0 radical (unpaired) electrons. The van der Waals surface area contributed by atoms with Gasteiger partial charge in [-0.25, -0.2) is 13.2 Å². The summed E-state index contributed by atoms with van der Waals surface area (Å²) < 4.78 is 31.9. The van der Waals surface area contributed by atoms with Crippen LogP contribution in [0.25, 0.3) is 0 Å². The third kappa shape index (κ3) is 4.62. The van der Waals surface area contributed by atoms with Crippen LogP contribution in [-0.4, -0.2) is 31.9 Å². The molecular formula is C19H22N2O4S. The van der Waals surface area contributed by atoms with Gasteiger partial charge in [-0.05, 0) is 42.7 Å². The molecule has 6 nitrogen and oxygen atoms in total. The maximum Gasteiger partial charge on any atom is 0.412 e. The highest BCUT2D eigenvalue weighted by molar-refractivity contribution is 7.89. The average molecular weight is 374 g/mol. The Labute approximate surface area is 153 Å². The fourth-order valence-electron chi connectivity index (χ4n) is 2.84. The summed E-state index contributed by atoms with van der Waals surface area (Å²) in [4.78, 5) is 12.1. The van der Waals surface area contributed by atoms with E-state index in [1.165, 1.54) is 0 Å². The standard InChI is InChI=1S/C19H22N2O4S/c22-19(25-17-7-3-1-4-8-17)20-15-16-9-11-18(12-10-16)26(23,24)21-13-5-2-6-14-21/h1,3-4,7-12H,2,5-6,13-15H2,(H,20,22). The lowest BCUT2D eigenvalue weighted by Gasteiger charge is -2.25. The Hall–Kier alpha value is -2.38. The van der Waals surface area contributed by atoms with Crippen LogP contribution in [0, 0.1) is 0 Å². The number of hydrogen-bond acceptors (Lipinski definition) is 4. The Morgan fingerprint density at radius 3 is 2.27 bits per heavy atom. The SMILES string of the molecule is O=C(NCc1ccc(S(=O)(=O)N2CCCCC2)cc1)Oc1ccccc1. The summed E-state index contributed by atoms with van der Waals surface area (Å²) in [6.45, 7) is 1.42. The molecule has 7 heteroatoms. The lowest BCUT2D eigenvalue weighted by atomic mass is 10.2. The Balaban J connectivity index is 1.56. The molecule has 0 saturated carbocycles. The second-order valence-corrected chi connectivity index (χ2v) is 8.10. The molecule has 1 aliphatic rings. The van der Waals surface area contributed by atoms with Gasteiger partial charge >= 0.3 is 6.09 Å². The molecule has 0 aromatic heterocycles. The van der Waals surface area contributed by atoms with Crippen LogP contribution in [0.4, 0.5) is 4.79 Å². The van der Waals surface area contributed by atoms with Crippen molar-refractivity contribution in [2.45, 2.75) is 30.7 Å². The zero-order chi connectivity index (χ0) is 18.4. The van der Waals surface area contributed by atoms with Gasteiger partial charge in [0.25, 0.3) is 0 Å². The third-order valence-electron chi connectivity index (χ3n) is 4.27. The topological polar surface area (TPSA) is 75.7 Å². The largest absolute Gasteiger partial charge is 0.412 e. The predicted octanol–water partition coefficient (Wildman–Crippen LogP) is 3.15. The first-order valence-electron chi connectivity index (χ1n) is 8.65. The summed E-state index contributed by atoms with van der Waals surface area (Å²) in [5, 5.41) is 2.65. The number of benzene rings is 2. The molecule has 1 N–H and O–H groups in total. The van der Waals surface area contributed by atoms with Gasteiger partial charge < -0.3 is 10.1 Å². The maximum absolute atomic E-state index is 12.6. The summed E-state index contributed by atoms with van der Waals surface area (Å²) in [6.07, 6.45) is 2.34. The smallest absolute Gasteiger partial charge is 0.410 e. The minimum Gasteiger partial charge on any atom is -0.410 e. The molecule has 1 amide bonds. The van der Waals surface area contributed by atoms with Gasteiger partial charge in [0, 0.05) is 19.6 Å². The van der Waals surface area contributed by atoms with Crippen molar-refractivity contribution in [3.05, 3.63) is 60.2 Å². The van der Waals surface area contributed by atoms with Gasteiger partial charge in [-0.15, -0.1) is 0 Å². The number of nitrogens with zero attached hydrogens (tertiary/aromatic N) is 1. The highest BCUT2D eigenvalue weighted by atomic mass is 32.2. The number of piperidine rings is 1. The number of amides is 1. The van der Waals surface area contributed by atoms with E-state index >= 15 is 0 Å². The zero-order valence-corrected chi connectivity index (χ0v) is 15.2. The molecule has 0 aliphatic carbocycles. The fraction of sp³-hybridized carbons (Fsp3) is 0.316. The number of rotatable bonds is 5. The van der Waals surface area contributed by atoms with Crippen LogP contribution < -0.4 is 10.1 Å². The molecule has 0 bridgehead atoms. The third-order valence-corrected chi connectivity index (χ3v) is 6.18. The summed E-state index contributed by atoms with van der Waals surface area (Å²) >= 11 is 0. The van der Waals surface area contributed by atoms with E-state index in [2.05, 4.69) is 5.32 Å². The molecule has 0 atom stereocenters. The van der Waals surface area contributed by atoms with Crippen LogP contribution in [0.1, 0.15) is 24.8 Å². The van der Waals surface area contributed by atoms with Crippen molar-refractivity contribution in [2.75, 3.05) is 13.1 Å². The molecule has 1 aliphatic heterocycles. The van der Waals surface area contributed by atoms with Gasteiger partial charge in [0.15, 0.2) is 0 Å². The summed E-state index contributed by atoms with van der Waals surface area (Å²) in [6, 6.07) is 15.4. The van der Waals surface area contributed by atoms with E-state index in [0.717, 1.165) is 24.8 Å². The minimum absolute atomic E-state index is 0.260. The van der Waals surface area contributed by atoms with Crippen LogP contribution in [-0.2, 0) is 16.6 Å². The number of sulfonamides is 1. The number of carbonyl (C=O) groups is 1. The van der Waals surface area contributed by atoms with E-state index < -0.39 is 16.1 Å². The quantitative estimate of drug-likeness (QED) is 0.872. The van der Waals surface area contributed by atoms with Crippen molar-refractivity contribution in [1.82, 2.24) is 9.62 Å². The van der Waals surface area contributed by atoms with Crippen LogP contribution >= 0.6 is 0 Å². The van der Waals surface area contributed by atoms with E-state index in [0.29, 0.717) is 18.8 Å². The van der Waals surface area contributed by atoms with E-state index in [-0.39, 0.29) is 11.4 Å². The predicted molar refractivity (Wildman–Crippen MR) is 98.4 cm³/mol. The van der Waals surface area contributed by atoms with Crippen LogP contribution in [0.2, 0.25) is 0 Å². The minimum atomic E-state index is -3.43. The van der Waals surface area contributed by atoms with Crippen molar-refractivity contribution in [3.8, 4) is 5.75 Å². The molecule has 2 aromatic carbocycles. The lowest BCUT2D eigenvalue weighted by molar-refractivity contribution is 0.200. The molecule has 3 rings (SSSR count). The van der Waals surface area contributed by atoms with Crippen molar-refractivity contribution < 1.29 is 17.9 Å². The van der Waals surface area contributed by atoms with Crippen LogP contribution in [0.15, 0.2) is 59.5 Å². The van der Waals surface area contributed by atoms with Crippen molar-refractivity contribution in [3.63, 3.8) is 0 Å². The molecule has 138 valence electrons. The first kappa shape index (κ1) is 18.4. The average Bonchev–Trinajstić information content (AvgIpc) is 2.68. The van der Waals surface area contributed by atoms with Gasteiger partial charge in [-0.1, -0.05) is 36.8 Å². The molecule has 1 heterocycles. The van der Waals surface area contributed by atoms with E-state index in [4.69, 9.17) is 4.74 Å². The molecule has 0 unspecified atom stereocenters. The Bertz CT molecular complexity index is 830. The monoisotopic (exact) mass is 374 g/mol. The maximum atomic E-state index is 12.6.